The lowest BCUT2D eigenvalue weighted by Gasteiger charge is -2.14. The summed E-state index contributed by atoms with van der Waals surface area (Å²) >= 11 is 1.49. The van der Waals surface area contributed by atoms with Crippen LogP contribution in [0.5, 0.6) is 5.75 Å². The third-order valence-corrected chi connectivity index (χ3v) is 6.62. The molecule has 0 amide bonds. The normalized spacial score (nSPS) is 12.2. The van der Waals surface area contributed by atoms with Gasteiger partial charge in [0.2, 0.25) is 4.96 Å². The topological polar surface area (TPSA) is 73.8 Å². The molecule has 0 unspecified atom stereocenters. The number of benzene rings is 1. The van der Waals surface area contributed by atoms with Gasteiger partial charge in [0, 0.05) is 30.2 Å². The molecule has 0 N–H and O–H groups in total. The van der Waals surface area contributed by atoms with Crippen LogP contribution in [-0.2, 0) is 11.2 Å². The Morgan fingerprint density at radius 2 is 1.97 bits per heavy atom. The molecule has 0 spiro atoms. The van der Waals surface area contributed by atoms with Gasteiger partial charge >= 0.3 is 6.18 Å². The summed E-state index contributed by atoms with van der Waals surface area (Å²) in [5, 5.41) is 5.42. The quantitative estimate of drug-likeness (QED) is 0.236. The molecular formula is C26H24F3N5O2S. The maximum absolute atomic E-state index is 12.6. The fraction of sp³-hybridized carbons (Fsp3) is 0.308. The fourth-order valence-corrected chi connectivity index (χ4v) is 5.02. The zero-order valence-electron chi connectivity index (χ0n) is 20.4. The van der Waals surface area contributed by atoms with Crippen molar-refractivity contribution in [3.05, 3.63) is 60.2 Å². The van der Waals surface area contributed by atoms with Gasteiger partial charge in [-0.2, -0.15) is 18.3 Å². The van der Waals surface area contributed by atoms with E-state index in [2.05, 4.69) is 15.1 Å². The van der Waals surface area contributed by atoms with E-state index in [1.165, 1.54) is 11.3 Å². The van der Waals surface area contributed by atoms with Crippen LogP contribution in [0.2, 0.25) is 0 Å². The van der Waals surface area contributed by atoms with Crippen LogP contribution < -0.4 is 4.74 Å². The lowest BCUT2D eigenvalue weighted by atomic mass is 10.0. The molecule has 0 aliphatic heterocycles. The molecule has 0 saturated carbocycles. The number of pyridine rings is 1. The maximum Gasteiger partial charge on any atom is 0.389 e. The van der Waals surface area contributed by atoms with E-state index in [4.69, 9.17) is 4.74 Å². The second kappa shape index (κ2) is 9.62. The fourth-order valence-electron chi connectivity index (χ4n) is 4.10. The number of aromatic nitrogens is 5. The molecule has 5 aromatic rings. The highest BCUT2D eigenvalue weighted by Gasteiger charge is 2.28. The zero-order chi connectivity index (χ0) is 26.3. The molecule has 0 bridgehead atoms. The molecule has 0 radical (unpaired) electrons. The molecule has 1 aromatic carbocycles. The highest BCUT2D eigenvalue weighted by molar-refractivity contribution is 7.19. The van der Waals surface area contributed by atoms with E-state index in [1.54, 1.807) is 22.8 Å². The number of ketones is 1. The van der Waals surface area contributed by atoms with Crippen molar-refractivity contribution in [3.8, 4) is 27.6 Å². The molecule has 37 heavy (non-hydrogen) atoms. The number of Topliss-reactive ketones (excluding diaryl/α,β-unsaturated/α-hetero) is 1. The van der Waals surface area contributed by atoms with E-state index in [0.717, 1.165) is 32.5 Å². The van der Waals surface area contributed by atoms with Crippen LogP contribution >= 0.6 is 11.3 Å². The zero-order valence-corrected chi connectivity index (χ0v) is 21.2. The number of carbonyl (C=O) groups excluding carboxylic acids is 1. The predicted molar refractivity (Wildman–Crippen MR) is 135 cm³/mol. The first-order valence-electron chi connectivity index (χ1n) is 11.7. The van der Waals surface area contributed by atoms with Gasteiger partial charge in [-0.15, -0.1) is 0 Å². The number of fused-ring (bicyclic) bond motifs is 2. The number of aryl methyl sites for hydroxylation is 1. The summed E-state index contributed by atoms with van der Waals surface area (Å²) in [4.78, 5) is 22.1. The summed E-state index contributed by atoms with van der Waals surface area (Å²) in [5.41, 5.74) is 4.63. The van der Waals surface area contributed by atoms with Crippen molar-refractivity contribution in [1.29, 1.82) is 0 Å². The Bertz CT molecular complexity index is 1570. The van der Waals surface area contributed by atoms with Crippen molar-refractivity contribution >= 4 is 27.7 Å². The largest absolute Gasteiger partial charge is 0.491 e. The van der Waals surface area contributed by atoms with Crippen LogP contribution in [0.25, 0.3) is 32.4 Å². The number of ether oxygens (including phenoxy) is 1. The summed E-state index contributed by atoms with van der Waals surface area (Å²) in [6, 6.07) is 9.23. The summed E-state index contributed by atoms with van der Waals surface area (Å²) in [6.45, 7) is 5.69. The minimum atomic E-state index is -4.36. The van der Waals surface area contributed by atoms with Crippen LogP contribution in [0.4, 0.5) is 13.2 Å². The Balaban J connectivity index is 1.46. The Labute approximate surface area is 214 Å². The molecule has 0 fully saturated rings. The molecule has 11 heteroatoms. The third-order valence-electron chi connectivity index (χ3n) is 5.65. The molecule has 0 aliphatic carbocycles. The molecule has 5 rings (SSSR count). The first kappa shape index (κ1) is 24.9. The SMILES string of the molecule is Cc1cn2nc(-c3ccn4c(-c5cc(CC(=O)CCC(F)(F)F)cc(OC(C)C)c5)cnc4c3)sc2n1. The van der Waals surface area contributed by atoms with Crippen LogP contribution in [-0.4, -0.2) is 42.0 Å². The number of halogens is 3. The van der Waals surface area contributed by atoms with E-state index in [0.29, 0.717) is 17.0 Å². The number of imidazole rings is 2. The Hall–Kier alpha value is -3.73. The third kappa shape index (κ3) is 5.66. The lowest BCUT2D eigenvalue weighted by molar-refractivity contribution is -0.143. The average molecular weight is 528 g/mol. The van der Waals surface area contributed by atoms with Crippen LogP contribution in [0.1, 0.15) is 37.9 Å². The Kier molecular flexibility index (Phi) is 6.49. The number of nitrogens with zero attached hydrogens (tertiary/aromatic N) is 5. The number of hydrogen-bond donors (Lipinski definition) is 0. The van der Waals surface area contributed by atoms with Gasteiger partial charge in [0.25, 0.3) is 0 Å². The Morgan fingerprint density at radius 3 is 2.70 bits per heavy atom. The van der Waals surface area contributed by atoms with E-state index in [1.807, 2.05) is 55.8 Å². The molecule has 0 saturated heterocycles. The van der Waals surface area contributed by atoms with Gasteiger partial charge in [0.05, 0.1) is 36.3 Å². The molecular weight excluding hydrogens is 503 g/mol. The molecule has 0 aliphatic rings. The first-order valence-corrected chi connectivity index (χ1v) is 12.6. The maximum atomic E-state index is 12.6. The van der Waals surface area contributed by atoms with Gasteiger partial charge < -0.3 is 4.74 Å². The number of alkyl halides is 3. The van der Waals surface area contributed by atoms with E-state index >= 15 is 0 Å². The van der Waals surface area contributed by atoms with E-state index in [9.17, 15) is 18.0 Å². The van der Waals surface area contributed by atoms with Crippen LogP contribution in [0, 0.1) is 6.92 Å². The van der Waals surface area contributed by atoms with Gasteiger partial charge in [0.1, 0.15) is 22.2 Å². The highest BCUT2D eigenvalue weighted by Crippen LogP contribution is 2.31. The summed E-state index contributed by atoms with van der Waals surface area (Å²) in [7, 11) is 0. The predicted octanol–water partition coefficient (Wildman–Crippen LogP) is 6.32. The molecule has 7 nitrogen and oxygen atoms in total. The van der Waals surface area contributed by atoms with Gasteiger partial charge in [-0.25, -0.2) is 14.5 Å². The second-order valence-electron chi connectivity index (χ2n) is 9.17. The number of rotatable bonds is 8. The Morgan fingerprint density at radius 1 is 1.16 bits per heavy atom. The average Bonchev–Trinajstić information content (AvgIpc) is 3.48. The van der Waals surface area contributed by atoms with Crippen LogP contribution in [0.3, 0.4) is 0 Å². The summed E-state index contributed by atoms with van der Waals surface area (Å²) in [6.07, 6.45) is -0.760. The van der Waals surface area contributed by atoms with E-state index in [-0.39, 0.29) is 12.5 Å². The molecule has 4 aromatic heterocycles. The first-order chi connectivity index (χ1) is 17.5. The molecule has 192 valence electrons. The van der Waals surface area contributed by atoms with Gasteiger partial charge in [-0.05, 0) is 56.7 Å². The standard InChI is InChI=1S/C26H24F3N5O2S/c1-15(2)36-21-10-17(9-20(35)4-6-26(27,28)29)8-19(11-21)22-13-30-23-12-18(5-7-33(22)23)24-32-34-14-16(3)31-25(34)37-24/h5,7-8,10-15H,4,6,9H2,1-3H3. The minimum Gasteiger partial charge on any atom is -0.491 e. The summed E-state index contributed by atoms with van der Waals surface area (Å²) in [5.74, 6) is 0.0665. The van der Waals surface area contributed by atoms with Crippen molar-refractivity contribution < 1.29 is 22.7 Å². The van der Waals surface area contributed by atoms with Gasteiger partial charge in [-0.3, -0.25) is 9.20 Å². The second-order valence-corrected chi connectivity index (χ2v) is 10.1. The highest BCUT2D eigenvalue weighted by atomic mass is 32.1. The van der Waals surface area contributed by atoms with Gasteiger partial charge in [0.15, 0.2) is 0 Å². The van der Waals surface area contributed by atoms with Crippen molar-refractivity contribution in [2.24, 2.45) is 0 Å². The van der Waals surface area contributed by atoms with Crippen molar-refractivity contribution in [2.75, 3.05) is 0 Å². The van der Waals surface area contributed by atoms with Gasteiger partial charge in [-0.1, -0.05) is 11.3 Å². The van der Waals surface area contributed by atoms with Crippen LogP contribution in [0.15, 0.2) is 48.9 Å². The molecule has 4 heterocycles. The number of hydrogen-bond acceptors (Lipinski definition) is 6. The number of carbonyl (C=O) groups is 1. The summed E-state index contributed by atoms with van der Waals surface area (Å²) < 4.78 is 47.2. The van der Waals surface area contributed by atoms with Crippen molar-refractivity contribution in [1.82, 2.24) is 24.0 Å². The smallest absolute Gasteiger partial charge is 0.389 e. The monoisotopic (exact) mass is 527 g/mol. The minimum absolute atomic E-state index is 0.107. The van der Waals surface area contributed by atoms with E-state index < -0.39 is 24.8 Å². The van der Waals surface area contributed by atoms with Crippen molar-refractivity contribution in [2.45, 2.75) is 52.3 Å². The van der Waals surface area contributed by atoms with Crippen molar-refractivity contribution in [3.63, 3.8) is 0 Å². The lowest BCUT2D eigenvalue weighted by Crippen LogP contribution is -2.12. The molecule has 0 atom stereocenters.